The van der Waals surface area contributed by atoms with Gasteiger partial charge in [0, 0.05) is 28.7 Å². The van der Waals surface area contributed by atoms with Gasteiger partial charge in [0.2, 0.25) is 0 Å². The van der Waals surface area contributed by atoms with Crippen molar-refractivity contribution in [1.82, 2.24) is 0 Å². The molecule has 0 spiro atoms. The Morgan fingerprint density at radius 3 is 2.43 bits per heavy atom. The molecule has 1 aliphatic heterocycles. The lowest BCUT2D eigenvalue weighted by Crippen LogP contribution is -2.30. The topological polar surface area (TPSA) is 24.5 Å². The van der Waals surface area contributed by atoms with Gasteiger partial charge in [0.15, 0.2) is 0 Å². The zero-order valence-electron chi connectivity index (χ0n) is 16.6. The summed E-state index contributed by atoms with van der Waals surface area (Å²) in [6, 6.07) is 17.7. The average Bonchev–Trinajstić information content (AvgIpc) is 2.76. The second-order valence-corrected chi connectivity index (χ2v) is 9.86. The summed E-state index contributed by atoms with van der Waals surface area (Å²) in [5.41, 5.74) is 3.71. The average molecular weight is 490 g/mol. The van der Waals surface area contributed by atoms with Crippen LogP contribution in [-0.4, -0.2) is 23.1 Å². The third-order valence-electron chi connectivity index (χ3n) is 5.92. The summed E-state index contributed by atoms with van der Waals surface area (Å²) >= 11 is 2.60. The van der Waals surface area contributed by atoms with Crippen LogP contribution in [0.5, 0.6) is 5.75 Å². The van der Waals surface area contributed by atoms with E-state index in [9.17, 15) is 0 Å². The molecule has 4 rings (SSSR count). The molecular formula is C24H31IN2O. The van der Waals surface area contributed by atoms with Crippen molar-refractivity contribution in [3.8, 4) is 5.75 Å². The molecule has 1 aliphatic carbocycles. The predicted octanol–water partition coefficient (Wildman–Crippen LogP) is 6.41. The van der Waals surface area contributed by atoms with Crippen molar-refractivity contribution in [3.05, 3.63) is 54.1 Å². The van der Waals surface area contributed by atoms with E-state index in [0.29, 0.717) is 12.6 Å². The summed E-state index contributed by atoms with van der Waals surface area (Å²) in [7, 11) is 0. The number of nitrogens with one attached hydrogen (secondary N) is 1. The minimum absolute atomic E-state index is 0.608. The lowest BCUT2D eigenvalue weighted by atomic mass is 9.95. The third-order valence-corrected chi connectivity index (χ3v) is 7.17. The Kier molecular flexibility index (Phi) is 7.00. The second kappa shape index (κ2) is 9.86. The first-order valence-electron chi connectivity index (χ1n) is 10.7. The SMILES string of the molecule is IC1CCC(Nc2ccc(OCc3ccccc3)c(N3CCCCC3)c2)CC1. The number of piperidine rings is 1. The van der Waals surface area contributed by atoms with Crippen molar-refractivity contribution >= 4 is 34.0 Å². The smallest absolute Gasteiger partial charge is 0.143 e. The van der Waals surface area contributed by atoms with Crippen LogP contribution in [0.4, 0.5) is 11.4 Å². The number of hydrogen-bond donors (Lipinski definition) is 1. The normalized spacial score (nSPS) is 22.7. The number of anilines is 2. The van der Waals surface area contributed by atoms with E-state index in [1.165, 1.54) is 61.9 Å². The van der Waals surface area contributed by atoms with Crippen LogP contribution in [-0.2, 0) is 6.61 Å². The molecule has 3 nitrogen and oxygen atoms in total. The second-order valence-electron chi connectivity index (χ2n) is 8.10. The number of rotatable bonds is 6. The fourth-order valence-electron chi connectivity index (χ4n) is 4.28. The molecule has 28 heavy (non-hydrogen) atoms. The maximum absolute atomic E-state index is 6.27. The Morgan fingerprint density at radius 1 is 0.929 bits per heavy atom. The highest BCUT2D eigenvalue weighted by atomic mass is 127. The van der Waals surface area contributed by atoms with E-state index in [2.05, 4.69) is 81.3 Å². The van der Waals surface area contributed by atoms with Crippen LogP contribution < -0.4 is 15.0 Å². The van der Waals surface area contributed by atoms with E-state index < -0.39 is 0 Å². The molecule has 2 fully saturated rings. The summed E-state index contributed by atoms with van der Waals surface area (Å²) in [6.45, 7) is 2.88. The van der Waals surface area contributed by atoms with Gasteiger partial charge in [-0.05, 0) is 68.7 Å². The zero-order valence-corrected chi connectivity index (χ0v) is 18.7. The van der Waals surface area contributed by atoms with Gasteiger partial charge in [-0.25, -0.2) is 0 Å². The molecule has 1 N–H and O–H groups in total. The number of halogens is 1. The van der Waals surface area contributed by atoms with E-state index >= 15 is 0 Å². The molecule has 0 aromatic heterocycles. The first-order chi connectivity index (χ1) is 13.8. The van der Waals surface area contributed by atoms with Crippen LogP contribution in [0, 0.1) is 0 Å². The largest absolute Gasteiger partial charge is 0.487 e. The number of benzene rings is 2. The molecule has 1 saturated carbocycles. The van der Waals surface area contributed by atoms with Crippen molar-refractivity contribution in [2.24, 2.45) is 0 Å². The molecule has 0 amide bonds. The van der Waals surface area contributed by atoms with Gasteiger partial charge >= 0.3 is 0 Å². The Labute approximate surface area is 183 Å². The zero-order chi connectivity index (χ0) is 19.2. The molecule has 2 aromatic carbocycles. The van der Waals surface area contributed by atoms with Crippen molar-refractivity contribution in [2.75, 3.05) is 23.3 Å². The van der Waals surface area contributed by atoms with E-state index in [1.54, 1.807) is 0 Å². The Morgan fingerprint density at radius 2 is 1.68 bits per heavy atom. The van der Waals surface area contributed by atoms with Crippen molar-refractivity contribution in [2.45, 2.75) is 61.5 Å². The number of nitrogens with zero attached hydrogens (tertiary/aromatic N) is 1. The molecule has 0 atom stereocenters. The predicted molar refractivity (Wildman–Crippen MR) is 127 cm³/mol. The molecular weight excluding hydrogens is 459 g/mol. The minimum Gasteiger partial charge on any atom is -0.487 e. The van der Waals surface area contributed by atoms with Gasteiger partial charge < -0.3 is 15.0 Å². The van der Waals surface area contributed by atoms with Gasteiger partial charge in [0.25, 0.3) is 0 Å². The summed E-state index contributed by atoms with van der Waals surface area (Å²) < 4.78 is 7.12. The number of ether oxygens (including phenoxy) is 1. The highest BCUT2D eigenvalue weighted by Gasteiger charge is 2.20. The van der Waals surface area contributed by atoms with Crippen LogP contribution in [0.2, 0.25) is 0 Å². The van der Waals surface area contributed by atoms with E-state index in [-0.39, 0.29) is 0 Å². The van der Waals surface area contributed by atoms with Gasteiger partial charge in [0.05, 0.1) is 5.69 Å². The molecule has 0 bridgehead atoms. The van der Waals surface area contributed by atoms with Gasteiger partial charge in [-0.1, -0.05) is 52.9 Å². The van der Waals surface area contributed by atoms with Gasteiger partial charge in [0.1, 0.15) is 12.4 Å². The molecule has 0 unspecified atom stereocenters. The summed E-state index contributed by atoms with van der Waals surface area (Å²) in [5.74, 6) is 1.01. The minimum atomic E-state index is 0.608. The van der Waals surface area contributed by atoms with Gasteiger partial charge in [-0.2, -0.15) is 0 Å². The summed E-state index contributed by atoms with van der Waals surface area (Å²) in [6.07, 6.45) is 9.10. The molecule has 2 aromatic rings. The highest BCUT2D eigenvalue weighted by Crippen LogP contribution is 2.35. The maximum Gasteiger partial charge on any atom is 0.143 e. The van der Waals surface area contributed by atoms with E-state index in [1.807, 2.05) is 0 Å². The molecule has 1 heterocycles. The lowest BCUT2D eigenvalue weighted by Gasteiger charge is -2.32. The fourth-order valence-corrected chi connectivity index (χ4v) is 5.00. The highest BCUT2D eigenvalue weighted by molar-refractivity contribution is 14.1. The monoisotopic (exact) mass is 490 g/mol. The Balaban J connectivity index is 1.49. The molecule has 2 aliphatic rings. The van der Waals surface area contributed by atoms with Crippen molar-refractivity contribution in [1.29, 1.82) is 0 Å². The Hall–Kier alpha value is -1.43. The molecule has 4 heteroatoms. The van der Waals surface area contributed by atoms with Crippen LogP contribution in [0.25, 0.3) is 0 Å². The third kappa shape index (κ3) is 5.34. The quantitative estimate of drug-likeness (QED) is 0.374. The van der Waals surface area contributed by atoms with E-state index in [4.69, 9.17) is 4.74 Å². The van der Waals surface area contributed by atoms with Crippen LogP contribution in [0.15, 0.2) is 48.5 Å². The summed E-state index contributed by atoms with van der Waals surface area (Å²) in [5, 5.41) is 3.80. The van der Waals surface area contributed by atoms with Crippen LogP contribution in [0.1, 0.15) is 50.5 Å². The molecule has 150 valence electrons. The maximum atomic E-state index is 6.27. The van der Waals surface area contributed by atoms with Crippen molar-refractivity contribution in [3.63, 3.8) is 0 Å². The van der Waals surface area contributed by atoms with Crippen LogP contribution >= 0.6 is 22.6 Å². The Bertz CT molecular complexity index is 738. The lowest BCUT2D eigenvalue weighted by molar-refractivity contribution is 0.306. The fraction of sp³-hybridized carbons (Fsp3) is 0.500. The molecule has 0 radical (unpaired) electrons. The van der Waals surface area contributed by atoms with Crippen molar-refractivity contribution < 1.29 is 4.74 Å². The number of hydrogen-bond acceptors (Lipinski definition) is 3. The standard InChI is InChI=1S/C24H31IN2O/c25-20-9-11-21(12-10-20)26-22-13-14-24(28-18-19-7-3-1-4-8-19)23(17-22)27-15-5-2-6-16-27/h1,3-4,7-8,13-14,17,20-21,26H,2,5-6,9-12,15-16,18H2. The van der Waals surface area contributed by atoms with E-state index in [0.717, 1.165) is 22.8 Å². The first kappa shape index (κ1) is 19.9. The first-order valence-corrected chi connectivity index (χ1v) is 12.0. The van der Waals surface area contributed by atoms with Gasteiger partial charge in [-0.3, -0.25) is 0 Å². The summed E-state index contributed by atoms with van der Waals surface area (Å²) in [4.78, 5) is 2.51. The number of alkyl halides is 1. The van der Waals surface area contributed by atoms with Crippen LogP contribution in [0.3, 0.4) is 0 Å². The molecule has 1 saturated heterocycles. The van der Waals surface area contributed by atoms with Gasteiger partial charge in [-0.15, -0.1) is 0 Å².